The molecule has 0 aromatic carbocycles. The smallest absolute Gasteiger partial charge is 0.223 e. The summed E-state index contributed by atoms with van der Waals surface area (Å²) in [5.74, 6) is 1.07. The summed E-state index contributed by atoms with van der Waals surface area (Å²) >= 11 is 0. The molecule has 0 spiro atoms. The maximum Gasteiger partial charge on any atom is 0.223 e. The van der Waals surface area contributed by atoms with Crippen LogP contribution in [-0.4, -0.2) is 18.5 Å². The van der Waals surface area contributed by atoms with Crippen LogP contribution in [0.15, 0.2) is 0 Å². The summed E-state index contributed by atoms with van der Waals surface area (Å²) in [7, 11) is 0. The van der Waals surface area contributed by atoms with E-state index in [0.29, 0.717) is 12.5 Å². The molecular formula is C14H27ClN2O. The Labute approximate surface area is 117 Å². The van der Waals surface area contributed by atoms with E-state index in [0.717, 1.165) is 6.42 Å². The molecule has 2 aliphatic rings. The first-order valence-corrected chi connectivity index (χ1v) is 7.05. The zero-order valence-corrected chi connectivity index (χ0v) is 12.4. The molecule has 4 heteroatoms. The van der Waals surface area contributed by atoms with Gasteiger partial charge in [0.15, 0.2) is 0 Å². The van der Waals surface area contributed by atoms with Gasteiger partial charge in [-0.15, -0.1) is 12.4 Å². The monoisotopic (exact) mass is 274 g/mol. The second kappa shape index (κ2) is 6.25. The molecule has 1 amide bonds. The van der Waals surface area contributed by atoms with Crippen LogP contribution in [-0.2, 0) is 4.79 Å². The molecule has 18 heavy (non-hydrogen) atoms. The number of hydrogen-bond acceptors (Lipinski definition) is 2. The molecule has 2 saturated carbocycles. The van der Waals surface area contributed by atoms with Crippen LogP contribution in [0.25, 0.3) is 0 Å². The first-order valence-electron chi connectivity index (χ1n) is 7.05. The average molecular weight is 275 g/mol. The van der Waals surface area contributed by atoms with Crippen LogP contribution in [0.2, 0.25) is 0 Å². The van der Waals surface area contributed by atoms with E-state index >= 15 is 0 Å². The number of nitrogens with two attached hydrogens (primary N) is 1. The van der Waals surface area contributed by atoms with E-state index in [9.17, 15) is 4.79 Å². The van der Waals surface area contributed by atoms with Crippen LogP contribution >= 0.6 is 12.4 Å². The first-order chi connectivity index (χ1) is 8.04. The number of carbonyl (C=O) groups excluding carboxylic acids is 1. The second-order valence-electron chi connectivity index (χ2n) is 6.49. The van der Waals surface area contributed by atoms with Crippen LogP contribution in [0, 0.1) is 17.3 Å². The van der Waals surface area contributed by atoms with Crippen LogP contribution in [0.1, 0.15) is 52.4 Å². The molecule has 2 atom stereocenters. The van der Waals surface area contributed by atoms with Crippen LogP contribution in [0.5, 0.6) is 0 Å². The molecular weight excluding hydrogens is 248 g/mol. The van der Waals surface area contributed by atoms with Gasteiger partial charge >= 0.3 is 0 Å². The SMILES string of the molecule is CC1(C)CC1C(=O)NC(CN)C1CCCCC1.Cl. The van der Waals surface area contributed by atoms with Crippen molar-refractivity contribution in [3.63, 3.8) is 0 Å². The van der Waals surface area contributed by atoms with E-state index in [1.54, 1.807) is 0 Å². The lowest BCUT2D eigenvalue weighted by atomic mass is 9.84. The third kappa shape index (κ3) is 3.61. The third-order valence-electron chi connectivity index (χ3n) is 4.63. The summed E-state index contributed by atoms with van der Waals surface area (Å²) in [6.07, 6.45) is 7.43. The summed E-state index contributed by atoms with van der Waals surface area (Å²) < 4.78 is 0. The van der Waals surface area contributed by atoms with Gasteiger partial charge < -0.3 is 11.1 Å². The average Bonchev–Trinajstić information content (AvgIpc) is 2.96. The fourth-order valence-electron chi connectivity index (χ4n) is 3.10. The van der Waals surface area contributed by atoms with Gasteiger partial charge in [0, 0.05) is 18.5 Å². The lowest BCUT2D eigenvalue weighted by molar-refractivity contribution is -0.124. The Morgan fingerprint density at radius 3 is 2.33 bits per heavy atom. The van der Waals surface area contributed by atoms with E-state index in [4.69, 9.17) is 5.73 Å². The summed E-state index contributed by atoms with van der Waals surface area (Å²) in [5, 5.41) is 3.19. The Hall–Kier alpha value is -0.280. The molecule has 0 aromatic heterocycles. The topological polar surface area (TPSA) is 55.1 Å². The predicted octanol–water partition coefficient (Wildman–Crippen LogP) is 2.48. The minimum atomic E-state index is 0. The number of rotatable bonds is 4. The minimum Gasteiger partial charge on any atom is -0.352 e. The third-order valence-corrected chi connectivity index (χ3v) is 4.63. The maximum atomic E-state index is 12.1. The maximum absolute atomic E-state index is 12.1. The van der Waals surface area contributed by atoms with Gasteiger partial charge in [0.2, 0.25) is 5.91 Å². The molecule has 0 aliphatic heterocycles. The number of carbonyl (C=O) groups is 1. The van der Waals surface area contributed by atoms with Crippen molar-refractivity contribution >= 4 is 18.3 Å². The van der Waals surface area contributed by atoms with Crippen molar-refractivity contribution in [1.29, 1.82) is 0 Å². The van der Waals surface area contributed by atoms with Gasteiger partial charge in [-0.3, -0.25) is 4.79 Å². The van der Waals surface area contributed by atoms with Gasteiger partial charge in [-0.1, -0.05) is 33.1 Å². The molecule has 0 bridgehead atoms. The molecule has 2 aliphatic carbocycles. The highest BCUT2D eigenvalue weighted by Gasteiger charge is 2.50. The zero-order valence-electron chi connectivity index (χ0n) is 11.6. The molecule has 0 aromatic rings. The number of nitrogens with one attached hydrogen (secondary N) is 1. The lowest BCUT2D eigenvalue weighted by Gasteiger charge is -2.30. The molecule has 0 saturated heterocycles. The standard InChI is InChI=1S/C14H26N2O.ClH/c1-14(2)8-11(14)13(17)16-12(9-15)10-6-4-3-5-7-10;/h10-12H,3-9,15H2,1-2H3,(H,16,17);1H. The highest BCUT2D eigenvalue weighted by molar-refractivity contribution is 5.85. The number of amides is 1. The van der Waals surface area contributed by atoms with Crippen LogP contribution in [0.3, 0.4) is 0 Å². The zero-order chi connectivity index (χ0) is 12.5. The van der Waals surface area contributed by atoms with Crippen LogP contribution < -0.4 is 11.1 Å². The molecule has 0 heterocycles. The minimum absolute atomic E-state index is 0. The summed E-state index contributed by atoms with van der Waals surface area (Å²) in [5.41, 5.74) is 6.04. The highest BCUT2D eigenvalue weighted by Crippen LogP contribution is 2.51. The lowest BCUT2D eigenvalue weighted by Crippen LogP contribution is -2.46. The van der Waals surface area contributed by atoms with Crippen molar-refractivity contribution in [1.82, 2.24) is 5.32 Å². The normalized spacial score (nSPS) is 28.1. The fraction of sp³-hybridized carbons (Fsp3) is 0.929. The number of halogens is 1. The summed E-state index contributed by atoms with van der Waals surface area (Å²) in [6.45, 7) is 4.91. The van der Waals surface area contributed by atoms with E-state index in [1.807, 2.05) is 0 Å². The van der Waals surface area contributed by atoms with Gasteiger partial charge in [0.1, 0.15) is 0 Å². The second-order valence-corrected chi connectivity index (χ2v) is 6.49. The van der Waals surface area contributed by atoms with E-state index in [1.165, 1.54) is 32.1 Å². The van der Waals surface area contributed by atoms with E-state index in [2.05, 4.69) is 19.2 Å². The fourth-order valence-corrected chi connectivity index (χ4v) is 3.10. The molecule has 2 rings (SSSR count). The van der Waals surface area contributed by atoms with Crippen molar-refractivity contribution in [2.24, 2.45) is 23.0 Å². The Balaban J connectivity index is 0.00000162. The molecule has 3 nitrogen and oxygen atoms in total. The molecule has 2 fully saturated rings. The Kier molecular flexibility index (Phi) is 5.47. The molecule has 3 N–H and O–H groups in total. The molecule has 2 unspecified atom stereocenters. The van der Waals surface area contributed by atoms with Gasteiger partial charge in [0.05, 0.1) is 0 Å². The van der Waals surface area contributed by atoms with Gasteiger partial charge in [-0.05, 0) is 30.6 Å². The Bertz CT molecular complexity index is 288. The Morgan fingerprint density at radius 1 is 1.33 bits per heavy atom. The van der Waals surface area contributed by atoms with Crippen molar-refractivity contribution in [2.75, 3.05) is 6.54 Å². The summed E-state index contributed by atoms with van der Waals surface area (Å²) in [6, 6.07) is 0.208. The number of hydrogen-bond donors (Lipinski definition) is 2. The van der Waals surface area contributed by atoms with Crippen molar-refractivity contribution in [2.45, 2.75) is 58.4 Å². The van der Waals surface area contributed by atoms with Gasteiger partial charge in [0.25, 0.3) is 0 Å². The van der Waals surface area contributed by atoms with Gasteiger partial charge in [-0.25, -0.2) is 0 Å². The molecule has 106 valence electrons. The van der Waals surface area contributed by atoms with Crippen LogP contribution in [0.4, 0.5) is 0 Å². The van der Waals surface area contributed by atoms with Gasteiger partial charge in [-0.2, -0.15) is 0 Å². The van der Waals surface area contributed by atoms with Crippen molar-refractivity contribution in [3.8, 4) is 0 Å². The predicted molar refractivity (Wildman–Crippen MR) is 76.7 cm³/mol. The quantitative estimate of drug-likeness (QED) is 0.828. The Morgan fingerprint density at radius 2 is 1.89 bits per heavy atom. The largest absolute Gasteiger partial charge is 0.352 e. The van der Waals surface area contributed by atoms with Crippen molar-refractivity contribution in [3.05, 3.63) is 0 Å². The first kappa shape index (κ1) is 15.8. The summed E-state index contributed by atoms with van der Waals surface area (Å²) in [4.78, 5) is 12.1. The van der Waals surface area contributed by atoms with Crippen molar-refractivity contribution < 1.29 is 4.79 Å². The van der Waals surface area contributed by atoms with E-state index < -0.39 is 0 Å². The van der Waals surface area contributed by atoms with E-state index in [-0.39, 0.29) is 35.7 Å². The highest BCUT2D eigenvalue weighted by atomic mass is 35.5. The molecule has 0 radical (unpaired) electrons.